The van der Waals surface area contributed by atoms with E-state index in [1.54, 1.807) is 24.3 Å². The summed E-state index contributed by atoms with van der Waals surface area (Å²) in [5, 5.41) is 6.58. The lowest BCUT2D eigenvalue weighted by atomic mass is 10.2. The highest BCUT2D eigenvalue weighted by atomic mass is 35.5. The van der Waals surface area contributed by atoms with Crippen molar-refractivity contribution >= 4 is 22.7 Å². The van der Waals surface area contributed by atoms with Crippen LogP contribution in [0.1, 0.15) is 5.56 Å². The lowest BCUT2D eigenvalue weighted by Crippen LogP contribution is -2.10. The number of hydrogen-bond donors (Lipinski definition) is 2. The molecule has 0 aliphatic rings. The van der Waals surface area contributed by atoms with E-state index < -0.39 is 5.24 Å². The summed E-state index contributed by atoms with van der Waals surface area (Å²) in [6.07, 6.45) is 0. The fourth-order valence-corrected chi connectivity index (χ4v) is 0.925. The molecule has 0 aliphatic carbocycles. The first-order chi connectivity index (χ1) is 6.59. The van der Waals surface area contributed by atoms with Crippen molar-refractivity contribution in [2.24, 2.45) is 5.73 Å². The molecule has 1 rings (SSSR count). The Labute approximate surface area is 86.1 Å². The fourth-order valence-electron chi connectivity index (χ4n) is 0.871. The summed E-state index contributed by atoms with van der Waals surface area (Å²) >= 11 is 5.09. The molecule has 0 bridgehead atoms. The molecule has 14 heavy (non-hydrogen) atoms. The van der Waals surface area contributed by atoms with Crippen molar-refractivity contribution in [3.63, 3.8) is 0 Å². The largest absolute Gasteiger partial charge is 0.484 e. The summed E-state index contributed by atoms with van der Waals surface area (Å²) in [5.41, 5.74) is 5.86. The van der Waals surface area contributed by atoms with Gasteiger partial charge in [0, 0.05) is 5.56 Å². The number of carbonyl (C=O) groups is 1. The number of halogens is 1. The topological polar surface area (TPSA) is 76.2 Å². The minimum absolute atomic E-state index is 0.00929. The zero-order valence-electron chi connectivity index (χ0n) is 7.29. The number of nitrogens with one attached hydrogen (secondary N) is 1. The highest BCUT2D eigenvalue weighted by molar-refractivity contribution is 6.63. The minimum atomic E-state index is -0.555. The second-order valence-electron chi connectivity index (χ2n) is 2.58. The molecule has 4 nitrogen and oxygen atoms in total. The number of hydrogen-bond acceptors (Lipinski definition) is 3. The summed E-state index contributed by atoms with van der Waals surface area (Å²) < 4.78 is 5.01. The summed E-state index contributed by atoms with van der Waals surface area (Å²) in [4.78, 5) is 10.4. The van der Waals surface area contributed by atoms with Crippen molar-refractivity contribution in [1.82, 2.24) is 0 Å². The average Bonchev–Trinajstić information content (AvgIpc) is 2.15. The quantitative estimate of drug-likeness (QED) is 0.446. The van der Waals surface area contributed by atoms with E-state index >= 15 is 0 Å². The second kappa shape index (κ2) is 4.62. The Morgan fingerprint density at radius 1 is 1.43 bits per heavy atom. The minimum Gasteiger partial charge on any atom is -0.484 e. The van der Waals surface area contributed by atoms with Crippen molar-refractivity contribution in [3.05, 3.63) is 29.8 Å². The number of rotatable bonds is 4. The van der Waals surface area contributed by atoms with Crippen molar-refractivity contribution < 1.29 is 9.53 Å². The summed E-state index contributed by atoms with van der Waals surface area (Å²) in [6, 6.07) is 6.51. The molecule has 1 aromatic rings. The van der Waals surface area contributed by atoms with Crippen LogP contribution < -0.4 is 10.5 Å². The van der Waals surface area contributed by atoms with Crippen LogP contribution in [-0.2, 0) is 4.79 Å². The number of ether oxygens (including phenoxy) is 1. The molecule has 0 spiro atoms. The number of nitrogen functional groups attached to an aromatic ring is 1. The predicted octanol–water partition coefficient (Wildman–Crippen LogP) is 1.11. The van der Waals surface area contributed by atoms with Gasteiger partial charge in [-0.25, -0.2) is 0 Å². The summed E-state index contributed by atoms with van der Waals surface area (Å²) in [6.45, 7) is -0.166. The van der Waals surface area contributed by atoms with Gasteiger partial charge < -0.3 is 10.5 Å². The van der Waals surface area contributed by atoms with E-state index in [-0.39, 0.29) is 12.4 Å². The molecule has 3 N–H and O–H groups in total. The van der Waals surface area contributed by atoms with Gasteiger partial charge in [-0.05, 0) is 35.9 Å². The van der Waals surface area contributed by atoms with E-state index in [9.17, 15) is 4.79 Å². The van der Waals surface area contributed by atoms with E-state index in [0.29, 0.717) is 11.3 Å². The monoisotopic (exact) mass is 212 g/mol. The second-order valence-corrected chi connectivity index (χ2v) is 3.00. The number of amidine groups is 1. The smallest absolute Gasteiger partial charge is 0.259 e. The molecular weight excluding hydrogens is 204 g/mol. The van der Waals surface area contributed by atoms with Crippen LogP contribution in [0.4, 0.5) is 0 Å². The van der Waals surface area contributed by atoms with Crippen LogP contribution in [-0.4, -0.2) is 17.7 Å². The maximum absolute atomic E-state index is 10.4. The Balaban J connectivity index is 2.64. The predicted molar refractivity (Wildman–Crippen MR) is 53.8 cm³/mol. The molecule has 0 amide bonds. The maximum atomic E-state index is 10.4. The Morgan fingerprint density at radius 3 is 2.43 bits per heavy atom. The Kier molecular flexibility index (Phi) is 3.48. The van der Waals surface area contributed by atoms with E-state index in [2.05, 4.69) is 0 Å². The Bertz CT molecular complexity index is 348. The molecule has 74 valence electrons. The third-order valence-electron chi connectivity index (χ3n) is 1.52. The van der Waals surface area contributed by atoms with Crippen LogP contribution in [0.3, 0.4) is 0 Å². The first kappa shape index (κ1) is 10.5. The van der Waals surface area contributed by atoms with Crippen molar-refractivity contribution in [2.75, 3.05) is 6.61 Å². The van der Waals surface area contributed by atoms with Gasteiger partial charge in [0.05, 0.1) is 0 Å². The average molecular weight is 213 g/mol. The Hall–Kier alpha value is -1.55. The van der Waals surface area contributed by atoms with E-state index in [1.807, 2.05) is 0 Å². The molecule has 0 heterocycles. The van der Waals surface area contributed by atoms with Gasteiger partial charge in [-0.15, -0.1) is 0 Å². The normalized spacial score (nSPS) is 9.50. The van der Waals surface area contributed by atoms with Gasteiger partial charge in [0.2, 0.25) is 0 Å². The molecule has 1 aromatic carbocycles. The van der Waals surface area contributed by atoms with Crippen molar-refractivity contribution in [3.8, 4) is 5.75 Å². The van der Waals surface area contributed by atoms with Gasteiger partial charge in [0.1, 0.15) is 11.6 Å². The highest BCUT2D eigenvalue weighted by Gasteiger charge is 1.99. The first-order valence-corrected chi connectivity index (χ1v) is 4.23. The molecule has 0 saturated carbocycles. The maximum Gasteiger partial charge on any atom is 0.259 e. The molecule has 0 radical (unpaired) electrons. The molecule has 0 unspecified atom stereocenters. The zero-order chi connectivity index (χ0) is 10.6. The van der Waals surface area contributed by atoms with E-state index in [1.165, 1.54) is 0 Å². The van der Waals surface area contributed by atoms with Gasteiger partial charge in [0.15, 0.2) is 6.61 Å². The third kappa shape index (κ3) is 3.06. The number of benzene rings is 1. The standard InChI is InChI=1S/C9H9ClN2O2/c10-8(13)5-14-7-3-1-6(2-4-7)9(11)12/h1-4H,5H2,(H3,11,12). The molecular formula is C9H9ClN2O2. The van der Waals surface area contributed by atoms with Gasteiger partial charge in [0.25, 0.3) is 5.24 Å². The van der Waals surface area contributed by atoms with Crippen LogP contribution in [0.25, 0.3) is 0 Å². The number of nitrogens with two attached hydrogens (primary N) is 1. The lowest BCUT2D eigenvalue weighted by Gasteiger charge is -2.03. The molecule has 5 heteroatoms. The van der Waals surface area contributed by atoms with Gasteiger partial charge in [-0.2, -0.15) is 0 Å². The van der Waals surface area contributed by atoms with Crippen LogP contribution in [0.2, 0.25) is 0 Å². The number of carbonyl (C=O) groups excluding carboxylic acids is 1. The van der Waals surface area contributed by atoms with Gasteiger partial charge in [-0.1, -0.05) is 0 Å². The Morgan fingerprint density at radius 2 is 2.00 bits per heavy atom. The third-order valence-corrected chi connectivity index (χ3v) is 1.63. The fraction of sp³-hybridized carbons (Fsp3) is 0.111. The molecule has 0 fully saturated rings. The van der Waals surface area contributed by atoms with Crippen LogP contribution in [0.15, 0.2) is 24.3 Å². The lowest BCUT2D eigenvalue weighted by molar-refractivity contribution is -0.113. The van der Waals surface area contributed by atoms with Crippen molar-refractivity contribution in [2.45, 2.75) is 0 Å². The van der Waals surface area contributed by atoms with Crippen molar-refractivity contribution in [1.29, 1.82) is 5.41 Å². The highest BCUT2D eigenvalue weighted by Crippen LogP contribution is 2.11. The van der Waals surface area contributed by atoms with Crippen LogP contribution in [0, 0.1) is 5.41 Å². The van der Waals surface area contributed by atoms with Crippen LogP contribution in [0.5, 0.6) is 5.75 Å². The molecule has 0 saturated heterocycles. The summed E-state index contributed by atoms with van der Waals surface area (Å²) in [5.74, 6) is 0.508. The SMILES string of the molecule is N=C(N)c1ccc(OCC(=O)Cl)cc1. The zero-order valence-corrected chi connectivity index (χ0v) is 8.04. The molecule has 0 aliphatic heterocycles. The van der Waals surface area contributed by atoms with Gasteiger partial charge >= 0.3 is 0 Å². The first-order valence-electron chi connectivity index (χ1n) is 3.85. The van der Waals surface area contributed by atoms with Gasteiger partial charge in [-0.3, -0.25) is 10.2 Å². The molecule has 0 atom stereocenters. The van der Waals surface area contributed by atoms with E-state index in [4.69, 9.17) is 27.5 Å². The van der Waals surface area contributed by atoms with Crippen LogP contribution >= 0.6 is 11.6 Å². The summed E-state index contributed by atoms with van der Waals surface area (Å²) in [7, 11) is 0. The van der Waals surface area contributed by atoms with E-state index in [0.717, 1.165) is 0 Å². The molecule has 0 aromatic heterocycles.